The number of ether oxygens (including phenoxy) is 1. The number of carbonyl (C=O) groups is 1. The van der Waals surface area contributed by atoms with E-state index < -0.39 is 0 Å². The highest BCUT2D eigenvalue weighted by atomic mass is 16.5. The first kappa shape index (κ1) is 15.8. The molecular weight excluding hydrogens is 264 g/mol. The van der Waals surface area contributed by atoms with Gasteiger partial charge < -0.3 is 15.8 Å². The van der Waals surface area contributed by atoms with Crippen molar-refractivity contribution in [2.75, 3.05) is 11.9 Å². The van der Waals surface area contributed by atoms with Crippen LogP contribution in [0.25, 0.3) is 0 Å². The number of nitrogens with one attached hydrogen (secondary N) is 1. The molecule has 3 N–H and O–H groups in total. The summed E-state index contributed by atoms with van der Waals surface area (Å²) in [6, 6.07) is 6.07. The average molecular weight is 290 g/mol. The third-order valence-electron chi connectivity index (χ3n) is 3.88. The fourth-order valence-electron chi connectivity index (χ4n) is 2.16. The Balaban J connectivity index is 2.11. The summed E-state index contributed by atoms with van der Waals surface area (Å²) in [5, 5.41) is 2.97. The highest BCUT2D eigenvalue weighted by Gasteiger charge is 2.30. The maximum atomic E-state index is 11.9. The van der Waals surface area contributed by atoms with Crippen LogP contribution in [0.15, 0.2) is 18.2 Å². The largest absolute Gasteiger partial charge is 0.492 e. The number of rotatable bonds is 7. The van der Waals surface area contributed by atoms with Crippen molar-refractivity contribution in [2.24, 2.45) is 17.6 Å². The van der Waals surface area contributed by atoms with Gasteiger partial charge in [0.1, 0.15) is 5.75 Å². The van der Waals surface area contributed by atoms with Crippen LogP contribution in [0.2, 0.25) is 0 Å². The van der Waals surface area contributed by atoms with Crippen molar-refractivity contribution >= 4 is 11.6 Å². The second-order valence-electron chi connectivity index (χ2n) is 6.14. The number of hydrogen-bond donors (Lipinski definition) is 2. The van der Waals surface area contributed by atoms with E-state index in [9.17, 15) is 4.79 Å². The van der Waals surface area contributed by atoms with E-state index in [4.69, 9.17) is 10.5 Å². The molecule has 1 amide bonds. The molecule has 0 bridgehead atoms. The van der Waals surface area contributed by atoms with Crippen LogP contribution in [-0.4, -0.2) is 18.6 Å². The Labute approximate surface area is 127 Å². The van der Waals surface area contributed by atoms with E-state index in [0.717, 1.165) is 36.3 Å². The van der Waals surface area contributed by atoms with Crippen LogP contribution in [0.3, 0.4) is 0 Å². The summed E-state index contributed by atoms with van der Waals surface area (Å²) in [4.78, 5) is 11.9. The second-order valence-corrected chi connectivity index (χ2v) is 6.14. The van der Waals surface area contributed by atoms with Crippen molar-refractivity contribution in [2.45, 2.75) is 46.1 Å². The van der Waals surface area contributed by atoms with Crippen molar-refractivity contribution in [3.05, 3.63) is 23.8 Å². The summed E-state index contributed by atoms with van der Waals surface area (Å²) in [6.07, 6.45) is 2.81. The summed E-state index contributed by atoms with van der Waals surface area (Å²) < 4.78 is 5.67. The van der Waals surface area contributed by atoms with Gasteiger partial charge in [-0.05, 0) is 49.8 Å². The van der Waals surface area contributed by atoms with Crippen LogP contribution in [0.1, 0.15) is 39.2 Å². The molecule has 0 radical (unpaired) electrons. The highest BCUT2D eigenvalue weighted by Crippen LogP contribution is 2.33. The van der Waals surface area contributed by atoms with Crippen LogP contribution in [0.5, 0.6) is 5.75 Å². The molecule has 1 saturated carbocycles. The first-order valence-electron chi connectivity index (χ1n) is 7.83. The minimum absolute atomic E-state index is 0.0996. The number of carbonyl (C=O) groups excluding carboxylic acids is 1. The van der Waals surface area contributed by atoms with E-state index >= 15 is 0 Å². The Morgan fingerprint density at radius 1 is 1.43 bits per heavy atom. The normalized spacial score (nSPS) is 15.9. The molecule has 4 heteroatoms. The third-order valence-corrected chi connectivity index (χ3v) is 3.88. The molecule has 0 saturated heterocycles. The minimum Gasteiger partial charge on any atom is -0.492 e. The molecule has 21 heavy (non-hydrogen) atoms. The number of anilines is 1. The zero-order valence-electron chi connectivity index (χ0n) is 13.2. The topological polar surface area (TPSA) is 64.3 Å². The van der Waals surface area contributed by atoms with Crippen molar-refractivity contribution in [3.63, 3.8) is 0 Å². The zero-order chi connectivity index (χ0) is 15.4. The maximum absolute atomic E-state index is 11.9. The Morgan fingerprint density at radius 3 is 2.71 bits per heavy atom. The van der Waals surface area contributed by atoms with E-state index in [1.165, 1.54) is 0 Å². The first-order valence-corrected chi connectivity index (χ1v) is 7.83. The van der Waals surface area contributed by atoms with E-state index in [1.807, 2.05) is 25.1 Å². The van der Waals surface area contributed by atoms with Gasteiger partial charge in [-0.25, -0.2) is 0 Å². The molecule has 0 spiro atoms. The van der Waals surface area contributed by atoms with Crippen molar-refractivity contribution in [3.8, 4) is 5.75 Å². The lowest BCUT2D eigenvalue weighted by atomic mass is 9.97. The lowest BCUT2D eigenvalue weighted by Gasteiger charge is -2.17. The van der Waals surface area contributed by atoms with Crippen LogP contribution >= 0.6 is 0 Å². The van der Waals surface area contributed by atoms with E-state index in [0.29, 0.717) is 12.5 Å². The van der Waals surface area contributed by atoms with Crippen LogP contribution in [-0.2, 0) is 11.2 Å². The molecule has 1 atom stereocenters. The number of amides is 1. The molecule has 1 aromatic carbocycles. The predicted molar refractivity (Wildman–Crippen MR) is 85.5 cm³/mol. The predicted octanol–water partition coefficient (Wildman–Crippen LogP) is 2.96. The maximum Gasteiger partial charge on any atom is 0.227 e. The fraction of sp³-hybridized carbons (Fsp3) is 0.588. The van der Waals surface area contributed by atoms with Gasteiger partial charge in [0.25, 0.3) is 0 Å². The molecule has 1 aromatic rings. The van der Waals surface area contributed by atoms with E-state index in [1.54, 1.807) is 0 Å². The standard InChI is InChI=1S/C17H26N2O2/c1-4-21-16-10-12(9-14(18)11(2)3)5-8-15(16)19-17(20)13-6-7-13/h5,8,10-11,13-14H,4,6-7,9,18H2,1-3H3,(H,19,20). The van der Waals surface area contributed by atoms with Gasteiger partial charge in [0, 0.05) is 12.0 Å². The lowest BCUT2D eigenvalue weighted by Crippen LogP contribution is -2.28. The molecule has 1 unspecified atom stereocenters. The molecule has 0 aliphatic heterocycles. The molecule has 2 rings (SSSR count). The van der Waals surface area contributed by atoms with Gasteiger partial charge in [0.15, 0.2) is 0 Å². The highest BCUT2D eigenvalue weighted by molar-refractivity contribution is 5.95. The number of benzene rings is 1. The van der Waals surface area contributed by atoms with Crippen LogP contribution in [0.4, 0.5) is 5.69 Å². The SMILES string of the molecule is CCOc1cc(CC(N)C(C)C)ccc1NC(=O)C1CC1. The molecule has 1 aliphatic carbocycles. The van der Waals surface area contributed by atoms with Gasteiger partial charge in [-0.15, -0.1) is 0 Å². The van der Waals surface area contributed by atoms with Crippen LogP contribution < -0.4 is 15.8 Å². The third kappa shape index (κ3) is 4.46. The monoisotopic (exact) mass is 290 g/mol. The quantitative estimate of drug-likeness (QED) is 0.811. The van der Waals surface area contributed by atoms with E-state index in [2.05, 4.69) is 19.2 Å². The smallest absolute Gasteiger partial charge is 0.227 e. The molecule has 4 nitrogen and oxygen atoms in total. The van der Waals surface area contributed by atoms with Gasteiger partial charge in [-0.2, -0.15) is 0 Å². The van der Waals surface area contributed by atoms with Crippen LogP contribution in [0, 0.1) is 11.8 Å². The number of hydrogen-bond acceptors (Lipinski definition) is 3. The van der Waals surface area contributed by atoms with Gasteiger partial charge in [0.05, 0.1) is 12.3 Å². The average Bonchev–Trinajstić information content (AvgIpc) is 3.26. The molecule has 1 fully saturated rings. The molecule has 0 heterocycles. The molecule has 116 valence electrons. The summed E-state index contributed by atoms with van der Waals surface area (Å²) in [7, 11) is 0. The summed E-state index contributed by atoms with van der Waals surface area (Å²) in [5.74, 6) is 1.46. The Kier molecular flexibility index (Phi) is 5.23. The van der Waals surface area contributed by atoms with E-state index in [-0.39, 0.29) is 17.9 Å². The Morgan fingerprint density at radius 2 is 2.14 bits per heavy atom. The summed E-state index contributed by atoms with van der Waals surface area (Å²) >= 11 is 0. The Hall–Kier alpha value is -1.55. The number of nitrogens with two attached hydrogens (primary N) is 1. The minimum atomic E-state index is 0.0996. The van der Waals surface area contributed by atoms with Gasteiger partial charge >= 0.3 is 0 Å². The van der Waals surface area contributed by atoms with Crippen molar-refractivity contribution in [1.82, 2.24) is 0 Å². The van der Waals surface area contributed by atoms with Crippen molar-refractivity contribution < 1.29 is 9.53 Å². The second kappa shape index (κ2) is 6.94. The first-order chi connectivity index (χ1) is 10.0. The molecule has 1 aliphatic rings. The summed E-state index contributed by atoms with van der Waals surface area (Å²) in [6.45, 7) is 6.77. The zero-order valence-corrected chi connectivity index (χ0v) is 13.2. The van der Waals surface area contributed by atoms with Gasteiger partial charge in [-0.1, -0.05) is 19.9 Å². The summed E-state index contributed by atoms with van der Waals surface area (Å²) in [5.41, 5.74) is 8.03. The van der Waals surface area contributed by atoms with Gasteiger partial charge in [-0.3, -0.25) is 4.79 Å². The molecule has 0 aromatic heterocycles. The lowest BCUT2D eigenvalue weighted by molar-refractivity contribution is -0.117. The Bertz CT molecular complexity index is 496. The fourth-order valence-corrected chi connectivity index (χ4v) is 2.16. The molecular formula is C17H26N2O2. The van der Waals surface area contributed by atoms with Gasteiger partial charge in [0.2, 0.25) is 5.91 Å². The van der Waals surface area contributed by atoms with Crippen molar-refractivity contribution in [1.29, 1.82) is 0 Å².